The fourth-order valence-corrected chi connectivity index (χ4v) is 2.29. The van der Waals surface area contributed by atoms with E-state index in [0.717, 1.165) is 9.13 Å². The van der Waals surface area contributed by atoms with Gasteiger partial charge in [-0.3, -0.25) is 10.4 Å². The highest BCUT2D eigenvalue weighted by atomic mass is 127. The van der Waals surface area contributed by atoms with Crippen molar-refractivity contribution in [3.05, 3.63) is 51.6 Å². The Balaban J connectivity index is 0.000000211. The molecule has 2 rings (SSSR count). The molecule has 2 aromatic rings. The molecule has 0 amide bonds. The summed E-state index contributed by atoms with van der Waals surface area (Å²) in [6.45, 7) is 1.84. The number of aromatic hydroxyl groups is 1. The Kier molecular flexibility index (Phi) is 6.40. The second-order valence-electron chi connectivity index (χ2n) is 4.09. The molecule has 0 aliphatic heterocycles. The van der Waals surface area contributed by atoms with Gasteiger partial charge in [-0.1, -0.05) is 17.7 Å². The van der Waals surface area contributed by atoms with E-state index in [1.807, 2.05) is 13.0 Å². The van der Waals surface area contributed by atoms with Crippen molar-refractivity contribution >= 4 is 38.4 Å². The summed E-state index contributed by atoms with van der Waals surface area (Å²) in [6, 6.07) is 11.2. The normalized spacial score (nSPS) is 10.5. The zero-order valence-electron chi connectivity index (χ0n) is 11.1. The van der Waals surface area contributed by atoms with Crippen molar-refractivity contribution in [3.63, 3.8) is 0 Å². The van der Waals surface area contributed by atoms with Gasteiger partial charge in [0.1, 0.15) is 5.75 Å². The molecule has 0 fully saturated rings. The summed E-state index contributed by atoms with van der Waals surface area (Å²) >= 11 is 2.11. The van der Waals surface area contributed by atoms with Crippen LogP contribution >= 0.6 is 22.6 Å². The molecule has 0 aromatic heterocycles. The van der Waals surface area contributed by atoms with Gasteiger partial charge in [0.25, 0.3) is 10.1 Å². The number of nitrogen functional groups attached to an aromatic ring is 1. The molecule has 0 bridgehead atoms. The predicted molar refractivity (Wildman–Crippen MR) is 89.6 cm³/mol. The molecule has 6 nitrogen and oxygen atoms in total. The quantitative estimate of drug-likeness (QED) is 0.195. The molecule has 0 heterocycles. The SMILES string of the molecule is Cc1ccc(S(=O)(=O)O)cc1.NNc1ccc(I)cc1O. The highest BCUT2D eigenvalue weighted by Crippen LogP contribution is 2.23. The smallest absolute Gasteiger partial charge is 0.294 e. The number of nitrogens with one attached hydrogen (secondary N) is 1. The Hall–Kier alpha value is -1.36. The molecule has 0 atom stereocenters. The fourth-order valence-electron chi connectivity index (χ4n) is 1.34. The summed E-state index contributed by atoms with van der Waals surface area (Å²) in [5, 5.41) is 9.14. The lowest BCUT2D eigenvalue weighted by Crippen LogP contribution is -2.06. The average molecular weight is 422 g/mol. The van der Waals surface area contributed by atoms with Crippen LogP contribution in [0.15, 0.2) is 47.4 Å². The number of aryl methyl sites for hydroxylation is 1. The molecule has 0 saturated carbocycles. The summed E-state index contributed by atoms with van der Waals surface area (Å²) in [5.74, 6) is 5.26. The number of hydrogen-bond acceptors (Lipinski definition) is 5. The van der Waals surface area contributed by atoms with Crippen molar-refractivity contribution in [1.82, 2.24) is 0 Å². The van der Waals surface area contributed by atoms with E-state index in [1.54, 1.807) is 24.3 Å². The van der Waals surface area contributed by atoms with Crippen LogP contribution in [-0.2, 0) is 10.1 Å². The van der Waals surface area contributed by atoms with Gasteiger partial charge in [0.2, 0.25) is 0 Å². The van der Waals surface area contributed by atoms with Crippen molar-refractivity contribution in [3.8, 4) is 5.75 Å². The number of halogens is 1. The van der Waals surface area contributed by atoms with E-state index >= 15 is 0 Å². The highest BCUT2D eigenvalue weighted by molar-refractivity contribution is 14.1. The number of hydrogen-bond donors (Lipinski definition) is 4. The molecular weight excluding hydrogens is 407 g/mol. The number of rotatable bonds is 2. The van der Waals surface area contributed by atoms with Crippen molar-refractivity contribution in [2.24, 2.45) is 5.84 Å². The van der Waals surface area contributed by atoms with Gasteiger partial charge in [-0.15, -0.1) is 0 Å². The molecule has 0 unspecified atom stereocenters. The standard InChI is InChI=1S/C7H8O3S.C6H7IN2O/c1-6-2-4-7(5-3-6)11(8,9)10;7-4-1-2-5(9-8)6(10)3-4/h2-5H,1H3,(H,8,9,10);1-3,9-10H,8H2. The van der Waals surface area contributed by atoms with Crippen LogP contribution in [0.25, 0.3) is 0 Å². The van der Waals surface area contributed by atoms with Gasteiger partial charge in [0.15, 0.2) is 0 Å². The van der Waals surface area contributed by atoms with Crippen molar-refractivity contribution in [2.75, 3.05) is 5.43 Å². The zero-order valence-corrected chi connectivity index (χ0v) is 14.1. The van der Waals surface area contributed by atoms with E-state index < -0.39 is 10.1 Å². The maximum atomic E-state index is 10.5. The lowest BCUT2D eigenvalue weighted by atomic mass is 10.2. The first kappa shape index (κ1) is 17.7. The molecule has 2 aromatic carbocycles. The van der Waals surface area contributed by atoms with Crippen molar-refractivity contribution in [1.29, 1.82) is 0 Å². The minimum Gasteiger partial charge on any atom is -0.506 e. The molecule has 5 N–H and O–H groups in total. The Labute approximate surface area is 136 Å². The van der Waals surface area contributed by atoms with Crippen LogP contribution in [0.2, 0.25) is 0 Å². The van der Waals surface area contributed by atoms with Crippen LogP contribution in [0.1, 0.15) is 5.56 Å². The molecule has 0 aliphatic carbocycles. The largest absolute Gasteiger partial charge is 0.506 e. The van der Waals surface area contributed by atoms with Gasteiger partial charge in [0.05, 0.1) is 10.6 Å². The van der Waals surface area contributed by atoms with Crippen molar-refractivity contribution in [2.45, 2.75) is 11.8 Å². The molecule has 0 saturated heterocycles. The third-order valence-corrected chi connectivity index (χ3v) is 3.97. The Morgan fingerprint density at radius 3 is 2.14 bits per heavy atom. The van der Waals surface area contributed by atoms with Crippen LogP contribution in [0, 0.1) is 10.5 Å². The molecule has 0 spiro atoms. The van der Waals surface area contributed by atoms with Gasteiger partial charge in [-0.2, -0.15) is 8.42 Å². The Morgan fingerprint density at radius 1 is 1.14 bits per heavy atom. The third kappa shape index (κ3) is 5.87. The van der Waals surface area contributed by atoms with E-state index in [9.17, 15) is 8.42 Å². The van der Waals surface area contributed by atoms with Gasteiger partial charge >= 0.3 is 0 Å². The molecule has 0 aliphatic rings. The first-order valence-electron chi connectivity index (χ1n) is 5.73. The van der Waals surface area contributed by atoms with Gasteiger partial charge in [-0.05, 0) is 59.8 Å². The van der Waals surface area contributed by atoms with Crippen LogP contribution in [0.3, 0.4) is 0 Å². The second-order valence-corrected chi connectivity index (χ2v) is 6.76. The van der Waals surface area contributed by atoms with Crippen LogP contribution in [0.5, 0.6) is 5.75 Å². The van der Waals surface area contributed by atoms with E-state index in [2.05, 4.69) is 28.0 Å². The van der Waals surface area contributed by atoms with Crippen molar-refractivity contribution < 1.29 is 18.1 Å². The predicted octanol–water partition coefficient (Wildman–Crippen LogP) is 2.52. The van der Waals surface area contributed by atoms with E-state index in [1.165, 1.54) is 12.1 Å². The minimum absolute atomic E-state index is 0.0666. The average Bonchev–Trinajstić information content (AvgIpc) is 2.39. The Morgan fingerprint density at radius 2 is 1.71 bits per heavy atom. The van der Waals surface area contributed by atoms with E-state index in [-0.39, 0.29) is 10.6 Å². The summed E-state index contributed by atoms with van der Waals surface area (Å²) < 4.78 is 30.5. The van der Waals surface area contributed by atoms with Gasteiger partial charge in [0, 0.05) is 3.57 Å². The van der Waals surface area contributed by atoms with E-state index in [0.29, 0.717) is 5.69 Å². The number of phenols is 1. The second kappa shape index (κ2) is 7.59. The zero-order chi connectivity index (χ0) is 16.0. The fraction of sp³-hybridized carbons (Fsp3) is 0.0769. The third-order valence-electron chi connectivity index (χ3n) is 2.43. The number of nitrogens with two attached hydrogens (primary N) is 1. The number of hydrazine groups is 1. The van der Waals surface area contributed by atoms with Crippen LogP contribution in [0.4, 0.5) is 5.69 Å². The molecular formula is C13H15IN2O4S. The minimum atomic E-state index is -4.02. The van der Waals surface area contributed by atoms with Gasteiger partial charge < -0.3 is 10.5 Å². The molecule has 114 valence electrons. The number of phenolic OH excluding ortho intramolecular Hbond substituents is 1. The summed E-state index contributed by atoms with van der Waals surface area (Å²) in [4.78, 5) is -0.0666. The Bertz CT molecular complexity index is 703. The monoisotopic (exact) mass is 422 g/mol. The first-order chi connectivity index (χ1) is 9.74. The lowest BCUT2D eigenvalue weighted by molar-refractivity contribution is 0.476. The topological polar surface area (TPSA) is 113 Å². The van der Waals surface area contributed by atoms with Crippen LogP contribution in [-0.4, -0.2) is 18.1 Å². The molecule has 0 radical (unpaired) electrons. The number of benzene rings is 2. The van der Waals surface area contributed by atoms with Gasteiger partial charge in [-0.25, -0.2) is 0 Å². The maximum absolute atomic E-state index is 10.5. The number of anilines is 1. The first-order valence-corrected chi connectivity index (χ1v) is 8.25. The summed E-state index contributed by atoms with van der Waals surface area (Å²) in [6.07, 6.45) is 0. The lowest BCUT2D eigenvalue weighted by Gasteiger charge is -2.01. The molecule has 21 heavy (non-hydrogen) atoms. The molecule has 8 heteroatoms. The highest BCUT2D eigenvalue weighted by Gasteiger charge is 2.06. The van der Waals surface area contributed by atoms with Crippen LogP contribution < -0.4 is 11.3 Å². The maximum Gasteiger partial charge on any atom is 0.294 e. The summed E-state index contributed by atoms with van der Waals surface area (Å²) in [7, 11) is -4.02. The van der Waals surface area contributed by atoms with E-state index in [4.69, 9.17) is 15.5 Å². The summed E-state index contributed by atoms with van der Waals surface area (Å²) in [5.41, 5.74) is 3.87.